The lowest BCUT2D eigenvalue weighted by Gasteiger charge is -2.43. The Hall–Kier alpha value is -2.37. The van der Waals surface area contributed by atoms with Crippen LogP contribution in [0.15, 0.2) is 36.4 Å². The van der Waals surface area contributed by atoms with E-state index in [1.54, 1.807) is 45.9 Å². The summed E-state index contributed by atoms with van der Waals surface area (Å²) in [5, 5.41) is 9.75. The van der Waals surface area contributed by atoms with Crippen LogP contribution in [-0.2, 0) is 20.7 Å². The van der Waals surface area contributed by atoms with Gasteiger partial charge in [-0.05, 0) is 69.5 Å². The second-order valence-electron chi connectivity index (χ2n) is 8.21. The third-order valence-electron chi connectivity index (χ3n) is 5.19. The van der Waals surface area contributed by atoms with Gasteiger partial charge in [0, 0.05) is 6.07 Å². The van der Waals surface area contributed by atoms with E-state index in [1.807, 2.05) is 13.0 Å². The van der Waals surface area contributed by atoms with Crippen LogP contribution < -0.4 is 4.74 Å². The van der Waals surface area contributed by atoms with Gasteiger partial charge in [-0.15, -0.1) is 0 Å². The van der Waals surface area contributed by atoms with E-state index >= 15 is 0 Å². The summed E-state index contributed by atoms with van der Waals surface area (Å²) in [7, 11) is 0. The zero-order valence-corrected chi connectivity index (χ0v) is 18.0. The van der Waals surface area contributed by atoms with Gasteiger partial charge in [0.1, 0.15) is 34.4 Å². The quantitative estimate of drug-likeness (QED) is 0.692. The van der Waals surface area contributed by atoms with Crippen LogP contribution in [0, 0.1) is 0 Å². The van der Waals surface area contributed by atoms with E-state index in [9.17, 15) is 14.7 Å². The lowest BCUT2D eigenvalue weighted by molar-refractivity contribution is -0.184. The molecule has 0 spiro atoms. The molecule has 3 rings (SSSR count). The number of hydrogen-bond donors (Lipinski definition) is 1. The van der Waals surface area contributed by atoms with Crippen LogP contribution in [0.4, 0.5) is 0 Å². The van der Waals surface area contributed by atoms with Crippen LogP contribution in [0.25, 0.3) is 0 Å². The zero-order chi connectivity index (χ0) is 21.6. The van der Waals surface area contributed by atoms with Gasteiger partial charge in [-0.25, -0.2) is 0 Å². The fourth-order valence-corrected chi connectivity index (χ4v) is 3.92. The van der Waals surface area contributed by atoms with Crippen molar-refractivity contribution in [3.05, 3.63) is 52.5 Å². The Kier molecular flexibility index (Phi) is 5.50. The van der Waals surface area contributed by atoms with Crippen molar-refractivity contribution in [2.75, 3.05) is 0 Å². The number of rotatable bonds is 4. The van der Waals surface area contributed by atoms with E-state index < -0.39 is 17.1 Å². The SMILES string of the molecule is CCc1ccc(Oc2ccc(O)c(Cl)c2)cc1C1C(=O)C(C)(C)OC(C)(C)C1=O. The van der Waals surface area contributed by atoms with Crippen LogP contribution >= 0.6 is 11.6 Å². The lowest BCUT2D eigenvalue weighted by Crippen LogP contribution is -2.58. The Labute approximate surface area is 175 Å². The van der Waals surface area contributed by atoms with Crippen molar-refractivity contribution in [1.82, 2.24) is 0 Å². The molecule has 5 nitrogen and oxygen atoms in total. The number of benzene rings is 2. The number of halogens is 1. The van der Waals surface area contributed by atoms with Crippen LogP contribution in [0.3, 0.4) is 0 Å². The molecule has 29 heavy (non-hydrogen) atoms. The molecule has 1 saturated heterocycles. The maximum atomic E-state index is 13.1. The van der Waals surface area contributed by atoms with Gasteiger partial charge in [-0.3, -0.25) is 9.59 Å². The van der Waals surface area contributed by atoms with Crippen LogP contribution in [-0.4, -0.2) is 27.9 Å². The smallest absolute Gasteiger partial charge is 0.179 e. The minimum atomic E-state index is -1.07. The second-order valence-corrected chi connectivity index (χ2v) is 8.62. The van der Waals surface area contributed by atoms with Gasteiger partial charge in [-0.1, -0.05) is 24.6 Å². The molecule has 0 aromatic heterocycles. The van der Waals surface area contributed by atoms with E-state index in [1.165, 1.54) is 12.1 Å². The Morgan fingerprint density at radius 1 is 1.00 bits per heavy atom. The molecule has 0 unspecified atom stereocenters. The van der Waals surface area contributed by atoms with Crippen LogP contribution in [0.5, 0.6) is 17.2 Å². The van der Waals surface area contributed by atoms with Crippen molar-refractivity contribution >= 4 is 23.2 Å². The van der Waals surface area contributed by atoms with Crippen molar-refractivity contribution in [3.8, 4) is 17.2 Å². The number of phenols is 1. The third-order valence-corrected chi connectivity index (χ3v) is 5.49. The largest absolute Gasteiger partial charge is 0.506 e. The summed E-state index contributed by atoms with van der Waals surface area (Å²) in [5.41, 5.74) is -0.612. The average Bonchev–Trinajstić information content (AvgIpc) is 2.63. The molecule has 0 atom stereocenters. The number of Topliss-reactive ketones (excluding diaryl/α,β-unsaturated/α-hetero) is 2. The molecule has 0 amide bonds. The molecule has 2 aromatic carbocycles. The molecule has 0 radical (unpaired) electrons. The predicted molar refractivity (Wildman–Crippen MR) is 111 cm³/mol. The van der Waals surface area contributed by atoms with E-state index in [4.69, 9.17) is 21.1 Å². The fourth-order valence-electron chi connectivity index (χ4n) is 3.75. The lowest BCUT2D eigenvalue weighted by atomic mass is 9.73. The molecule has 154 valence electrons. The molecule has 1 aliphatic heterocycles. The van der Waals surface area contributed by atoms with Gasteiger partial charge in [0.15, 0.2) is 11.6 Å². The summed E-state index contributed by atoms with van der Waals surface area (Å²) in [6.07, 6.45) is 0.666. The van der Waals surface area contributed by atoms with Gasteiger partial charge in [0.25, 0.3) is 0 Å². The highest BCUT2D eigenvalue weighted by Gasteiger charge is 2.53. The topological polar surface area (TPSA) is 72.8 Å². The number of carbonyl (C=O) groups is 2. The Morgan fingerprint density at radius 3 is 2.10 bits per heavy atom. The number of carbonyl (C=O) groups excluding carboxylic acids is 2. The third kappa shape index (κ3) is 4.02. The summed E-state index contributed by atoms with van der Waals surface area (Å²) in [6, 6.07) is 9.91. The number of aryl methyl sites for hydroxylation is 1. The molecule has 1 aliphatic rings. The number of aromatic hydroxyl groups is 1. The number of ether oxygens (including phenoxy) is 2. The molecular formula is C23H25ClO5. The summed E-state index contributed by atoms with van der Waals surface area (Å²) < 4.78 is 11.7. The molecular weight excluding hydrogens is 392 g/mol. The zero-order valence-electron chi connectivity index (χ0n) is 17.2. The van der Waals surface area contributed by atoms with Crippen LogP contribution in [0.2, 0.25) is 5.02 Å². The molecule has 1 heterocycles. The highest BCUT2D eigenvalue weighted by Crippen LogP contribution is 2.41. The van der Waals surface area contributed by atoms with Gasteiger partial charge >= 0.3 is 0 Å². The maximum Gasteiger partial charge on any atom is 0.179 e. The Morgan fingerprint density at radius 2 is 1.55 bits per heavy atom. The summed E-state index contributed by atoms with van der Waals surface area (Å²) >= 11 is 5.95. The Balaban J connectivity index is 2.05. The van der Waals surface area contributed by atoms with E-state index in [0.29, 0.717) is 23.5 Å². The highest BCUT2D eigenvalue weighted by atomic mass is 35.5. The van der Waals surface area contributed by atoms with E-state index in [-0.39, 0.29) is 22.3 Å². The van der Waals surface area contributed by atoms with E-state index in [0.717, 1.165) is 5.56 Å². The first kappa shape index (κ1) is 21.3. The maximum absolute atomic E-state index is 13.1. The average molecular weight is 417 g/mol. The molecule has 2 aromatic rings. The molecule has 0 aliphatic carbocycles. The molecule has 1 N–H and O–H groups in total. The standard InChI is InChI=1S/C23H25ClO5/c1-6-13-7-8-14(28-15-9-10-18(25)17(24)12-15)11-16(13)19-20(26)22(2,3)29-23(4,5)21(19)27/h7-12,19,25H,6H2,1-5H3. The van der Waals surface area contributed by atoms with Crippen LogP contribution in [0.1, 0.15) is 51.7 Å². The van der Waals surface area contributed by atoms with Gasteiger partial charge in [0.2, 0.25) is 0 Å². The fraction of sp³-hybridized carbons (Fsp3) is 0.391. The number of hydrogen-bond acceptors (Lipinski definition) is 5. The van der Waals surface area contributed by atoms with Crippen molar-refractivity contribution in [2.45, 2.75) is 58.2 Å². The molecule has 6 heteroatoms. The molecule has 1 fully saturated rings. The number of ketones is 2. The van der Waals surface area contributed by atoms with Crippen molar-refractivity contribution in [1.29, 1.82) is 0 Å². The monoisotopic (exact) mass is 416 g/mol. The summed E-state index contributed by atoms with van der Waals surface area (Å²) in [4.78, 5) is 26.3. The predicted octanol–water partition coefficient (Wildman–Crippen LogP) is 5.21. The minimum absolute atomic E-state index is 0.0381. The van der Waals surface area contributed by atoms with Gasteiger partial charge in [-0.2, -0.15) is 0 Å². The first-order valence-electron chi connectivity index (χ1n) is 9.54. The number of phenolic OH excluding ortho intramolecular Hbond substituents is 1. The van der Waals surface area contributed by atoms with Crippen molar-refractivity contribution in [3.63, 3.8) is 0 Å². The highest BCUT2D eigenvalue weighted by molar-refractivity contribution is 6.32. The van der Waals surface area contributed by atoms with Gasteiger partial charge in [0.05, 0.1) is 5.02 Å². The molecule has 0 saturated carbocycles. The molecule has 0 bridgehead atoms. The second kappa shape index (κ2) is 7.47. The van der Waals surface area contributed by atoms with Crippen molar-refractivity contribution in [2.24, 2.45) is 0 Å². The first-order valence-corrected chi connectivity index (χ1v) is 9.92. The summed E-state index contributed by atoms with van der Waals surface area (Å²) in [5.74, 6) is -0.572. The normalized spacial score (nSPS) is 18.7. The van der Waals surface area contributed by atoms with Gasteiger partial charge < -0.3 is 14.6 Å². The van der Waals surface area contributed by atoms with E-state index in [2.05, 4.69) is 0 Å². The Bertz CT molecular complexity index is 951. The van der Waals surface area contributed by atoms with Crippen molar-refractivity contribution < 1.29 is 24.2 Å². The minimum Gasteiger partial charge on any atom is -0.506 e. The first-order chi connectivity index (χ1) is 13.5. The summed E-state index contributed by atoms with van der Waals surface area (Å²) in [6.45, 7) is 8.76.